The largest absolute Gasteiger partial charge is 0.504 e. The molecule has 6 nitrogen and oxygen atoms in total. The van der Waals surface area contributed by atoms with Gasteiger partial charge in [-0.1, -0.05) is 30.3 Å². The summed E-state index contributed by atoms with van der Waals surface area (Å²) in [5.74, 6) is 0.545. The van der Waals surface area contributed by atoms with Crippen LogP contribution in [0.2, 0.25) is 0 Å². The highest BCUT2D eigenvalue weighted by Crippen LogP contribution is 2.36. The van der Waals surface area contributed by atoms with E-state index in [4.69, 9.17) is 9.72 Å². The summed E-state index contributed by atoms with van der Waals surface area (Å²) in [6, 6.07) is 15.8. The predicted molar refractivity (Wildman–Crippen MR) is 113 cm³/mol. The predicted octanol–water partition coefficient (Wildman–Crippen LogP) is 4.76. The van der Waals surface area contributed by atoms with Gasteiger partial charge in [0.2, 0.25) is 0 Å². The van der Waals surface area contributed by atoms with Gasteiger partial charge in [0.05, 0.1) is 37.6 Å². The van der Waals surface area contributed by atoms with Crippen molar-refractivity contribution in [1.82, 2.24) is 19.3 Å². The zero-order chi connectivity index (χ0) is 20.4. The van der Waals surface area contributed by atoms with Crippen LogP contribution in [0, 0.1) is 0 Å². The van der Waals surface area contributed by atoms with Crippen LogP contribution in [0.25, 0.3) is 22.5 Å². The normalized spacial score (nSPS) is 11.2. The fourth-order valence-electron chi connectivity index (χ4n) is 3.39. The summed E-state index contributed by atoms with van der Waals surface area (Å²) >= 11 is 0. The minimum Gasteiger partial charge on any atom is -0.504 e. The number of phenolic OH excluding ortho intramolecular Hbond substituents is 1. The number of hydrogen-bond donors (Lipinski definition) is 1. The van der Waals surface area contributed by atoms with Crippen molar-refractivity contribution >= 4 is 0 Å². The summed E-state index contributed by atoms with van der Waals surface area (Å²) in [6.07, 6.45) is 5.78. The van der Waals surface area contributed by atoms with Gasteiger partial charge >= 0.3 is 0 Å². The lowest BCUT2D eigenvalue weighted by Gasteiger charge is -2.12. The maximum atomic E-state index is 10.3. The number of aromatic nitrogens is 4. The molecule has 0 fully saturated rings. The number of methoxy groups -OCH3 is 1. The van der Waals surface area contributed by atoms with Crippen molar-refractivity contribution < 1.29 is 9.84 Å². The molecule has 0 radical (unpaired) electrons. The number of hydrogen-bond acceptors (Lipinski definition) is 4. The van der Waals surface area contributed by atoms with E-state index in [1.807, 2.05) is 53.6 Å². The molecule has 0 saturated heterocycles. The number of benzene rings is 2. The maximum absolute atomic E-state index is 10.3. The summed E-state index contributed by atoms with van der Waals surface area (Å²) in [4.78, 5) is 4.70. The Hall–Kier alpha value is -3.54. The monoisotopic (exact) mass is 388 g/mol. The minimum atomic E-state index is 0.101. The molecule has 0 spiro atoms. The number of imidazole rings is 1. The van der Waals surface area contributed by atoms with Crippen LogP contribution >= 0.6 is 0 Å². The molecule has 148 valence electrons. The third kappa shape index (κ3) is 3.74. The van der Waals surface area contributed by atoms with Gasteiger partial charge in [-0.25, -0.2) is 4.98 Å². The molecule has 0 aliphatic rings. The first-order chi connectivity index (χ1) is 14.1. The summed E-state index contributed by atoms with van der Waals surface area (Å²) < 4.78 is 9.24. The highest BCUT2D eigenvalue weighted by molar-refractivity contribution is 5.79. The fraction of sp³-hybridized carbons (Fsp3) is 0.217. The maximum Gasteiger partial charge on any atom is 0.160 e. The highest BCUT2D eigenvalue weighted by atomic mass is 16.5. The Labute approximate surface area is 170 Å². The molecule has 2 aromatic carbocycles. The van der Waals surface area contributed by atoms with Crippen molar-refractivity contribution in [3.63, 3.8) is 0 Å². The van der Waals surface area contributed by atoms with Gasteiger partial charge in [0.1, 0.15) is 0 Å². The first-order valence-electron chi connectivity index (χ1n) is 9.57. The van der Waals surface area contributed by atoms with E-state index in [1.54, 1.807) is 19.2 Å². The van der Waals surface area contributed by atoms with E-state index < -0.39 is 0 Å². The molecule has 4 rings (SSSR count). The molecule has 0 bridgehead atoms. The molecule has 0 unspecified atom stereocenters. The summed E-state index contributed by atoms with van der Waals surface area (Å²) in [5, 5.41) is 14.8. The first kappa shape index (κ1) is 18.8. The van der Waals surface area contributed by atoms with Gasteiger partial charge in [0.15, 0.2) is 11.5 Å². The SMILES string of the molecule is COc1ccc(-c2c(-c3ccccc3)ncn2Cc2cnn(C(C)C)c2)cc1O. The van der Waals surface area contributed by atoms with Gasteiger partial charge in [0, 0.05) is 28.9 Å². The first-order valence-corrected chi connectivity index (χ1v) is 9.57. The van der Waals surface area contributed by atoms with Crippen LogP contribution in [0.3, 0.4) is 0 Å². The van der Waals surface area contributed by atoms with Crippen molar-refractivity contribution in [3.05, 3.63) is 72.8 Å². The topological polar surface area (TPSA) is 65.1 Å². The average molecular weight is 388 g/mol. The molecule has 6 heteroatoms. The van der Waals surface area contributed by atoms with Crippen LogP contribution in [-0.2, 0) is 6.54 Å². The number of ether oxygens (including phenoxy) is 1. The molecular formula is C23H24N4O2. The number of aromatic hydroxyl groups is 1. The van der Waals surface area contributed by atoms with Crippen LogP contribution in [-0.4, -0.2) is 31.5 Å². The van der Waals surface area contributed by atoms with Crippen LogP contribution in [0.15, 0.2) is 67.3 Å². The Balaban J connectivity index is 1.81. The fourth-order valence-corrected chi connectivity index (χ4v) is 3.39. The molecule has 0 saturated carbocycles. The van der Waals surface area contributed by atoms with E-state index in [0.29, 0.717) is 18.3 Å². The Morgan fingerprint density at radius 1 is 1.07 bits per heavy atom. The molecule has 0 atom stereocenters. The van der Waals surface area contributed by atoms with Gasteiger partial charge in [-0.2, -0.15) is 5.10 Å². The standard InChI is InChI=1S/C23H24N4O2/c1-16(2)27-14-17(12-25-27)13-26-15-24-22(18-7-5-4-6-8-18)23(26)19-9-10-21(29-3)20(28)11-19/h4-12,14-16,28H,13H2,1-3H3. The average Bonchev–Trinajstić information content (AvgIpc) is 3.36. The Morgan fingerprint density at radius 3 is 2.52 bits per heavy atom. The van der Waals surface area contributed by atoms with Crippen LogP contribution < -0.4 is 4.74 Å². The quantitative estimate of drug-likeness (QED) is 0.517. The van der Waals surface area contributed by atoms with E-state index in [-0.39, 0.29) is 5.75 Å². The lowest BCUT2D eigenvalue weighted by molar-refractivity contribution is 0.373. The lowest BCUT2D eigenvalue weighted by atomic mass is 10.0. The van der Waals surface area contributed by atoms with Crippen molar-refractivity contribution in [3.8, 4) is 34.0 Å². The number of phenols is 1. The zero-order valence-electron chi connectivity index (χ0n) is 16.8. The molecular weight excluding hydrogens is 364 g/mol. The Morgan fingerprint density at radius 2 is 1.86 bits per heavy atom. The second-order valence-electron chi connectivity index (χ2n) is 7.24. The second kappa shape index (κ2) is 7.83. The number of rotatable bonds is 6. The molecule has 4 aromatic rings. The van der Waals surface area contributed by atoms with Gasteiger partial charge in [0.25, 0.3) is 0 Å². The van der Waals surface area contributed by atoms with Crippen molar-refractivity contribution in [1.29, 1.82) is 0 Å². The molecule has 2 heterocycles. The minimum absolute atomic E-state index is 0.101. The van der Waals surface area contributed by atoms with Gasteiger partial charge in [-0.3, -0.25) is 4.68 Å². The van der Waals surface area contributed by atoms with E-state index in [0.717, 1.165) is 28.1 Å². The van der Waals surface area contributed by atoms with Gasteiger partial charge in [-0.05, 0) is 32.0 Å². The molecule has 0 aliphatic carbocycles. The van der Waals surface area contributed by atoms with E-state index >= 15 is 0 Å². The van der Waals surface area contributed by atoms with Crippen molar-refractivity contribution in [2.24, 2.45) is 0 Å². The van der Waals surface area contributed by atoms with Crippen LogP contribution in [0.4, 0.5) is 0 Å². The molecule has 29 heavy (non-hydrogen) atoms. The third-order valence-electron chi connectivity index (χ3n) is 4.87. The van der Waals surface area contributed by atoms with E-state index in [1.165, 1.54) is 0 Å². The lowest BCUT2D eigenvalue weighted by Crippen LogP contribution is -2.02. The molecule has 1 N–H and O–H groups in total. The summed E-state index contributed by atoms with van der Waals surface area (Å²) in [7, 11) is 1.54. The van der Waals surface area contributed by atoms with Crippen molar-refractivity contribution in [2.75, 3.05) is 7.11 Å². The van der Waals surface area contributed by atoms with E-state index in [2.05, 4.69) is 29.7 Å². The van der Waals surface area contributed by atoms with Crippen LogP contribution in [0.1, 0.15) is 25.5 Å². The highest BCUT2D eigenvalue weighted by Gasteiger charge is 2.17. The van der Waals surface area contributed by atoms with Crippen molar-refractivity contribution in [2.45, 2.75) is 26.4 Å². The third-order valence-corrected chi connectivity index (χ3v) is 4.87. The molecule has 0 amide bonds. The molecule has 0 aliphatic heterocycles. The van der Waals surface area contributed by atoms with E-state index in [9.17, 15) is 5.11 Å². The smallest absolute Gasteiger partial charge is 0.160 e. The molecule has 2 aromatic heterocycles. The summed E-state index contributed by atoms with van der Waals surface area (Å²) in [6.45, 7) is 4.84. The van der Waals surface area contributed by atoms with Crippen LogP contribution in [0.5, 0.6) is 11.5 Å². The number of nitrogens with zero attached hydrogens (tertiary/aromatic N) is 4. The second-order valence-corrected chi connectivity index (χ2v) is 7.24. The van der Waals surface area contributed by atoms with Gasteiger partial charge in [-0.15, -0.1) is 0 Å². The summed E-state index contributed by atoms with van der Waals surface area (Å²) in [5.41, 5.74) is 4.79. The zero-order valence-corrected chi connectivity index (χ0v) is 16.8. The van der Waals surface area contributed by atoms with Gasteiger partial charge < -0.3 is 14.4 Å². The Kier molecular flexibility index (Phi) is 5.08. The Bertz CT molecular complexity index is 1110.